The Morgan fingerprint density at radius 1 is 1.00 bits per heavy atom. The normalized spacial score (nSPS) is 14.8. The van der Waals surface area contributed by atoms with Gasteiger partial charge in [0.25, 0.3) is 11.5 Å². The van der Waals surface area contributed by atoms with Crippen molar-refractivity contribution in [3.8, 4) is 11.1 Å². The molecule has 6 rings (SSSR count). The van der Waals surface area contributed by atoms with Crippen molar-refractivity contribution in [3.05, 3.63) is 87.5 Å². The molecule has 10 heteroatoms. The van der Waals surface area contributed by atoms with E-state index in [1.54, 1.807) is 24.2 Å². The molecule has 0 atom stereocenters. The predicted molar refractivity (Wildman–Crippen MR) is 156 cm³/mol. The van der Waals surface area contributed by atoms with Gasteiger partial charge < -0.3 is 24.8 Å². The maximum Gasteiger partial charge on any atom is 0.274 e. The van der Waals surface area contributed by atoms with Crippen LogP contribution in [-0.2, 0) is 33.3 Å². The Hall–Kier alpha value is -4.41. The molecule has 2 aliphatic heterocycles. The molecule has 4 heterocycles. The highest BCUT2D eigenvalue weighted by Crippen LogP contribution is 2.37. The second kappa shape index (κ2) is 9.96. The molecule has 4 aromatic rings. The number of benzene rings is 2. The quantitative estimate of drug-likeness (QED) is 0.388. The Morgan fingerprint density at radius 2 is 1.82 bits per heavy atom. The van der Waals surface area contributed by atoms with Crippen molar-refractivity contribution < 1.29 is 9.90 Å². The Kier molecular flexibility index (Phi) is 6.44. The number of rotatable bonds is 6. The summed E-state index contributed by atoms with van der Waals surface area (Å²) in [6.45, 7) is 2.68. The molecule has 0 spiro atoms. The Morgan fingerprint density at radius 3 is 2.60 bits per heavy atom. The van der Waals surface area contributed by atoms with Crippen LogP contribution in [-0.4, -0.2) is 57.9 Å². The fraction of sp³-hybridized carbons (Fsp3) is 0.300. The summed E-state index contributed by atoms with van der Waals surface area (Å²) in [5.41, 5.74) is 6.72. The summed E-state index contributed by atoms with van der Waals surface area (Å²) >= 11 is 0. The standard InChI is InChI=1S/C30H33N7O3/c1-33(2)21-8-9-24-19(12-21)16-36(29(24)39)27-7-5-6-23(25(27)18-38)20-13-26(30(40)35(4)15-20)31-28-14-22-17-34(3)10-11-37(22)32-28/h5-9,12-15,38H,10-11,16-18H2,1-4H3,(H,31,32). The molecule has 2 aromatic heterocycles. The number of pyridine rings is 1. The van der Waals surface area contributed by atoms with E-state index in [9.17, 15) is 14.7 Å². The first-order chi connectivity index (χ1) is 19.2. The van der Waals surface area contributed by atoms with Gasteiger partial charge in [0.15, 0.2) is 5.82 Å². The van der Waals surface area contributed by atoms with Gasteiger partial charge in [-0.05, 0) is 48.5 Å². The van der Waals surface area contributed by atoms with E-state index in [0.717, 1.165) is 47.7 Å². The van der Waals surface area contributed by atoms with Crippen LogP contribution in [0.4, 0.5) is 22.9 Å². The van der Waals surface area contributed by atoms with Crippen LogP contribution in [0.15, 0.2) is 59.5 Å². The minimum atomic E-state index is -0.262. The molecule has 206 valence electrons. The predicted octanol–water partition coefficient (Wildman–Crippen LogP) is 3.16. The number of hydrogen-bond acceptors (Lipinski definition) is 7. The molecule has 0 saturated heterocycles. The van der Waals surface area contributed by atoms with Crippen LogP contribution in [0.3, 0.4) is 0 Å². The Balaban J connectivity index is 1.36. The van der Waals surface area contributed by atoms with Crippen LogP contribution in [0.2, 0.25) is 0 Å². The molecule has 2 N–H and O–H groups in total. The molecule has 0 saturated carbocycles. The lowest BCUT2D eigenvalue weighted by Gasteiger charge is -2.22. The zero-order valence-corrected chi connectivity index (χ0v) is 23.2. The van der Waals surface area contributed by atoms with E-state index >= 15 is 0 Å². The van der Waals surface area contributed by atoms with Crippen molar-refractivity contribution in [1.29, 1.82) is 0 Å². The van der Waals surface area contributed by atoms with Gasteiger partial charge in [-0.1, -0.05) is 12.1 Å². The van der Waals surface area contributed by atoms with Crippen molar-refractivity contribution in [3.63, 3.8) is 0 Å². The largest absolute Gasteiger partial charge is 0.392 e. The van der Waals surface area contributed by atoms with Crippen LogP contribution >= 0.6 is 0 Å². The van der Waals surface area contributed by atoms with Gasteiger partial charge in [0.05, 0.1) is 31.1 Å². The lowest BCUT2D eigenvalue weighted by Crippen LogP contribution is -2.30. The average Bonchev–Trinajstić information content (AvgIpc) is 3.49. The summed E-state index contributed by atoms with van der Waals surface area (Å²) in [6.07, 6.45) is 1.75. The highest BCUT2D eigenvalue weighted by atomic mass is 16.3. The number of nitrogens with one attached hydrogen (secondary N) is 1. The summed E-state index contributed by atoms with van der Waals surface area (Å²) in [7, 11) is 7.72. The number of nitrogens with zero attached hydrogens (tertiary/aromatic N) is 6. The summed E-state index contributed by atoms with van der Waals surface area (Å²) in [5.74, 6) is 0.526. The van der Waals surface area contributed by atoms with E-state index in [1.165, 1.54) is 4.57 Å². The SMILES string of the molecule is CN1CCn2nc(Nc3cc(-c4cccc(N5Cc6cc(N(C)C)ccc6C5=O)c4CO)cn(C)c3=O)cc2C1. The summed E-state index contributed by atoms with van der Waals surface area (Å²) in [4.78, 5) is 32.5. The maximum absolute atomic E-state index is 13.4. The van der Waals surface area contributed by atoms with Crippen molar-refractivity contribution >= 4 is 28.8 Å². The molecule has 0 fully saturated rings. The third-order valence-electron chi connectivity index (χ3n) is 7.76. The monoisotopic (exact) mass is 539 g/mol. The zero-order valence-electron chi connectivity index (χ0n) is 23.2. The minimum absolute atomic E-state index is 0.0932. The Labute approximate surface area is 232 Å². The zero-order chi connectivity index (χ0) is 28.1. The van der Waals surface area contributed by atoms with Gasteiger partial charge in [0.2, 0.25) is 0 Å². The van der Waals surface area contributed by atoms with Crippen LogP contribution in [0.1, 0.15) is 27.2 Å². The maximum atomic E-state index is 13.4. The number of aliphatic hydroxyl groups is 1. The molecule has 1 amide bonds. The van der Waals surface area contributed by atoms with Gasteiger partial charge in [-0.3, -0.25) is 19.2 Å². The van der Waals surface area contributed by atoms with Crippen molar-refractivity contribution in [2.24, 2.45) is 7.05 Å². The lowest BCUT2D eigenvalue weighted by molar-refractivity contribution is 0.0996. The lowest BCUT2D eigenvalue weighted by atomic mass is 9.98. The van der Waals surface area contributed by atoms with E-state index in [0.29, 0.717) is 34.9 Å². The van der Waals surface area contributed by atoms with E-state index in [-0.39, 0.29) is 18.1 Å². The van der Waals surface area contributed by atoms with Gasteiger partial charge >= 0.3 is 0 Å². The van der Waals surface area contributed by atoms with Crippen molar-refractivity contribution in [2.45, 2.75) is 26.2 Å². The summed E-state index contributed by atoms with van der Waals surface area (Å²) in [5, 5.41) is 18.4. The molecule has 2 aromatic carbocycles. The first kappa shape index (κ1) is 25.8. The first-order valence-electron chi connectivity index (χ1n) is 13.3. The number of likely N-dealkylation sites (N-methyl/N-ethyl adjacent to an activating group) is 1. The van der Waals surface area contributed by atoms with E-state index < -0.39 is 0 Å². The highest BCUT2D eigenvalue weighted by molar-refractivity contribution is 6.11. The average molecular weight is 540 g/mol. The molecule has 0 radical (unpaired) electrons. The molecular formula is C30H33N7O3. The van der Waals surface area contributed by atoms with Gasteiger partial charge in [0, 0.05) is 68.9 Å². The second-order valence-electron chi connectivity index (χ2n) is 10.8. The molecule has 10 nitrogen and oxygen atoms in total. The third kappa shape index (κ3) is 4.44. The van der Waals surface area contributed by atoms with Crippen LogP contribution in [0, 0.1) is 0 Å². The third-order valence-corrected chi connectivity index (χ3v) is 7.76. The Bertz CT molecular complexity index is 1690. The highest BCUT2D eigenvalue weighted by Gasteiger charge is 2.31. The number of aryl methyl sites for hydroxylation is 1. The molecule has 0 aliphatic carbocycles. The molecular weight excluding hydrogens is 506 g/mol. The van der Waals surface area contributed by atoms with Crippen LogP contribution in [0.25, 0.3) is 11.1 Å². The molecule has 0 unspecified atom stereocenters. The number of amides is 1. The van der Waals surface area contributed by atoms with Gasteiger partial charge in [-0.2, -0.15) is 5.10 Å². The van der Waals surface area contributed by atoms with Gasteiger partial charge in [-0.25, -0.2) is 0 Å². The molecule has 40 heavy (non-hydrogen) atoms. The minimum Gasteiger partial charge on any atom is -0.392 e. The number of aromatic nitrogens is 3. The van der Waals surface area contributed by atoms with E-state index in [4.69, 9.17) is 0 Å². The van der Waals surface area contributed by atoms with Crippen molar-refractivity contribution in [1.82, 2.24) is 19.2 Å². The van der Waals surface area contributed by atoms with Gasteiger partial charge in [-0.15, -0.1) is 0 Å². The van der Waals surface area contributed by atoms with Crippen molar-refractivity contribution in [2.75, 3.05) is 42.8 Å². The van der Waals surface area contributed by atoms with Crippen LogP contribution < -0.4 is 20.7 Å². The second-order valence-corrected chi connectivity index (χ2v) is 10.8. The molecule has 0 bridgehead atoms. The summed E-state index contributed by atoms with van der Waals surface area (Å²) < 4.78 is 3.49. The number of anilines is 4. The van der Waals surface area contributed by atoms with E-state index in [2.05, 4.69) is 22.4 Å². The number of carbonyl (C=O) groups excluding carboxylic acids is 1. The number of aliphatic hydroxyl groups excluding tert-OH is 1. The fourth-order valence-electron chi connectivity index (χ4n) is 5.59. The number of carbonyl (C=O) groups is 1. The topological polar surface area (TPSA) is 98.9 Å². The van der Waals surface area contributed by atoms with Crippen LogP contribution in [0.5, 0.6) is 0 Å². The molecule has 2 aliphatic rings. The summed E-state index contributed by atoms with van der Waals surface area (Å²) in [6, 6.07) is 15.2. The number of hydrogen-bond donors (Lipinski definition) is 2. The smallest absolute Gasteiger partial charge is 0.274 e. The number of fused-ring (bicyclic) bond motifs is 2. The fourth-order valence-corrected chi connectivity index (χ4v) is 5.59. The van der Waals surface area contributed by atoms with E-state index in [1.807, 2.05) is 66.1 Å². The van der Waals surface area contributed by atoms with Gasteiger partial charge in [0.1, 0.15) is 5.69 Å². The first-order valence-corrected chi connectivity index (χ1v) is 13.3.